The molecule has 116 valence electrons. The summed E-state index contributed by atoms with van der Waals surface area (Å²) in [6.45, 7) is 2.42. The van der Waals surface area contributed by atoms with Crippen molar-refractivity contribution in [2.24, 2.45) is 5.73 Å². The summed E-state index contributed by atoms with van der Waals surface area (Å²) in [5.41, 5.74) is 5.90. The predicted octanol–water partition coefficient (Wildman–Crippen LogP) is 2.36. The van der Waals surface area contributed by atoms with E-state index in [1.807, 2.05) is 0 Å². The van der Waals surface area contributed by atoms with Gasteiger partial charge in [-0.2, -0.15) is 0 Å². The second-order valence-corrected chi connectivity index (χ2v) is 5.54. The van der Waals surface area contributed by atoms with Crippen LogP contribution in [0.4, 0.5) is 10.1 Å². The molecule has 1 aromatic rings. The molecule has 0 spiro atoms. The Kier molecular flexibility index (Phi) is 6.14. The number of nitrogens with two attached hydrogens (primary N) is 1. The fourth-order valence-corrected chi connectivity index (χ4v) is 2.89. The van der Waals surface area contributed by atoms with Crippen LogP contribution in [0.25, 0.3) is 0 Å². The molecule has 1 fully saturated rings. The van der Waals surface area contributed by atoms with Crippen molar-refractivity contribution in [2.45, 2.75) is 38.1 Å². The molecule has 0 bridgehead atoms. The van der Waals surface area contributed by atoms with Crippen molar-refractivity contribution in [3.63, 3.8) is 0 Å². The third-order valence-electron chi connectivity index (χ3n) is 4.02. The van der Waals surface area contributed by atoms with E-state index in [0.717, 1.165) is 19.4 Å². The molecule has 1 aliphatic heterocycles. The lowest BCUT2D eigenvalue weighted by atomic mass is 9.99. The summed E-state index contributed by atoms with van der Waals surface area (Å²) in [5.74, 6) is -0.540. The molecule has 0 aliphatic carbocycles. The third-order valence-corrected chi connectivity index (χ3v) is 4.02. The number of para-hydroxylation sites is 1. The topological polar surface area (TPSA) is 58.4 Å². The first-order chi connectivity index (χ1) is 10.2. The highest BCUT2D eigenvalue weighted by molar-refractivity contribution is 5.90. The first-order valence-electron chi connectivity index (χ1n) is 7.69. The van der Waals surface area contributed by atoms with Gasteiger partial charge in [-0.15, -0.1) is 0 Å². The van der Waals surface area contributed by atoms with Gasteiger partial charge in [0, 0.05) is 19.0 Å². The Hall–Kier alpha value is -1.46. The quantitative estimate of drug-likeness (QED) is 0.846. The van der Waals surface area contributed by atoms with Gasteiger partial charge in [-0.3, -0.25) is 9.69 Å². The van der Waals surface area contributed by atoms with E-state index >= 15 is 0 Å². The Balaban J connectivity index is 1.81. The van der Waals surface area contributed by atoms with Gasteiger partial charge in [0.25, 0.3) is 0 Å². The summed E-state index contributed by atoms with van der Waals surface area (Å²) in [5, 5.41) is 2.63. The summed E-state index contributed by atoms with van der Waals surface area (Å²) in [6.07, 6.45) is 4.94. The van der Waals surface area contributed by atoms with Crippen LogP contribution < -0.4 is 11.1 Å². The SMILES string of the molecule is NCCC1CCCCN1CCC(=O)Nc1ccccc1F. The highest BCUT2D eigenvalue weighted by atomic mass is 19.1. The molecular weight excluding hydrogens is 269 g/mol. The number of likely N-dealkylation sites (tertiary alicyclic amines) is 1. The fraction of sp³-hybridized carbons (Fsp3) is 0.562. The van der Waals surface area contributed by atoms with E-state index in [4.69, 9.17) is 5.73 Å². The summed E-state index contributed by atoms with van der Waals surface area (Å²) in [4.78, 5) is 14.3. The average molecular weight is 293 g/mol. The van der Waals surface area contributed by atoms with E-state index < -0.39 is 5.82 Å². The number of hydrogen-bond donors (Lipinski definition) is 2. The van der Waals surface area contributed by atoms with Crippen LogP contribution in [0.2, 0.25) is 0 Å². The van der Waals surface area contributed by atoms with E-state index in [2.05, 4.69) is 10.2 Å². The van der Waals surface area contributed by atoms with Crippen LogP contribution in [0.15, 0.2) is 24.3 Å². The van der Waals surface area contributed by atoms with Crippen LogP contribution in [0, 0.1) is 5.82 Å². The van der Waals surface area contributed by atoms with Crippen LogP contribution >= 0.6 is 0 Å². The number of anilines is 1. The Morgan fingerprint density at radius 3 is 2.95 bits per heavy atom. The summed E-state index contributed by atoms with van der Waals surface area (Å²) >= 11 is 0. The molecule has 1 unspecified atom stereocenters. The summed E-state index contributed by atoms with van der Waals surface area (Å²) in [7, 11) is 0. The highest BCUT2D eigenvalue weighted by Crippen LogP contribution is 2.19. The molecule has 0 aromatic heterocycles. The maximum atomic E-state index is 13.5. The summed E-state index contributed by atoms with van der Waals surface area (Å²) in [6, 6.07) is 6.73. The number of carbonyl (C=O) groups is 1. The highest BCUT2D eigenvalue weighted by Gasteiger charge is 2.22. The number of piperidine rings is 1. The molecule has 21 heavy (non-hydrogen) atoms. The van der Waals surface area contributed by atoms with E-state index in [-0.39, 0.29) is 11.6 Å². The zero-order valence-electron chi connectivity index (χ0n) is 12.4. The third kappa shape index (κ3) is 4.79. The van der Waals surface area contributed by atoms with Crippen molar-refractivity contribution in [1.29, 1.82) is 0 Å². The average Bonchev–Trinajstić information content (AvgIpc) is 2.49. The predicted molar refractivity (Wildman–Crippen MR) is 82.5 cm³/mol. The molecule has 1 saturated heterocycles. The number of nitrogens with zero attached hydrogens (tertiary/aromatic N) is 1. The van der Waals surface area contributed by atoms with Gasteiger partial charge in [0.1, 0.15) is 5.82 Å². The molecular formula is C16H24FN3O. The Morgan fingerprint density at radius 2 is 2.19 bits per heavy atom. The van der Waals surface area contributed by atoms with Crippen LogP contribution in [-0.4, -0.2) is 36.5 Å². The molecule has 4 nitrogen and oxygen atoms in total. The lowest BCUT2D eigenvalue weighted by Crippen LogP contribution is -2.42. The van der Waals surface area contributed by atoms with Crippen molar-refractivity contribution < 1.29 is 9.18 Å². The minimum atomic E-state index is -0.398. The van der Waals surface area contributed by atoms with Gasteiger partial charge < -0.3 is 11.1 Å². The Labute approximate surface area is 125 Å². The molecule has 1 aliphatic rings. The van der Waals surface area contributed by atoms with Crippen LogP contribution in [0.3, 0.4) is 0 Å². The number of benzene rings is 1. The first-order valence-corrected chi connectivity index (χ1v) is 7.69. The Morgan fingerprint density at radius 1 is 1.38 bits per heavy atom. The van der Waals surface area contributed by atoms with E-state index in [1.165, 1.54) is 18.9 Å². The largest absolute Gasteiger partial charge is 0.330 e. The molecule has 1 heterocycles. The molecule has 0 radical (unpaired) electrons. The van der Waals surface area contributed by atoms with E-state index in [1.54, 1.807) is 18.2 Å². The zero-order valence-corrected chi connectivity index (χ0v) is 12.4. The summed E-state index contributed by atoms with van der Waals surface area (Å²) < 4.78 is 13.5. The number of nitrogens with one attached hydrogen (secondary N) is 1. The molecule has 2 rings (SSSR count). The van der Waals surface area contributed by atoms with Gasteiger partial charge >= 0.3 is 0 Å². The van der Waals surface area contributed by atoms with Crippen LogP contribution in [-0.2, 0) is 4.79 Å². The van der Waals surface area contributed by atoms with Crippen molar-refractivity contribution in [1.82, 2.24) is 4.90 Å². The van der Waals surface area contributed by atoms with Gasteiger partial charge in [0.15, 0.2) is 0 Å². The second kappa shape index (κ2) is 8.10. The van der Waals surface area contributed by atoms with Crippen LogP contribution in [0.1, 0.15) is 32.1 Å². The molecule has 1 amide bonds. The monoisotopic (exact) mass is 293 g/mol. The van der Waals surface area contributed by atoms with Crippen LogP contribution in [0.5, 0.6) is 0 Å². The normalized spacial score (nSPS) is 19.4. The fourth-order valence-electron chi connectivity index (χ4n) is 2.89. The molecule has 1 aromatic carbocycles. The van der Waals surface area contributed by atoms with Gasteiger partial charge in [0.05, 0.1) is 5.69 Å². The minimum absolute atomic E-state index is 0.142. The minimum Gasteiger partial charge on any atom is -0.330 e. The molecule has 0 saturated carbocycles. The van der Waals surface area contributed by atoms with Gasteiger partial charge in [-0.05, 0) is 44.5 Å². The number of carbonyl (C=O) groups excluding carboxylic acids is 1. The first kappa shape index (κ1) is 15.9. The van der Waals surface area contributed by atoms with Crippen molar-refractivity contribution in [2.75, 3.05) is 25.0 Å². The van der Waals surface area contributed by atoms with Crippen molar-refractivity contribution >= 4 is 11.6 Å². The number of halogens is 1. The number of hydrogen-bond acceptors (Lipinski definition) is 3. The molecule has 5 heteroatoms. The van der Waals surface area contributed by atoms with Gasteiger partial charge in [-0.1, -0.05) is 18.6 Å². The smallest absolute Gasteiger partial charge is 0.225 e. The maximum absolute atomic E-state index is 13.5. The van der Waals surface area contributed by atoms with Gasteiger partial charge in [0.2, 0.25) is 5.91 Å². The number of rotatable bonds is 6. The van der Waals surface area contributed by atoms with Crippen molar-refractivity contribution in [3.05, 3.63) is 30.1 Å². The lowest BCUT2D eigenvalue weighted by molar-refractivity contribution is -0.116. The second-order valence-electron chi connectivity index (χ2n) is 5.54. The standard InChI is InChI=1S/C16H24FN3O/c17-14-6-1-2-7-15(14)19-16(21)9-12-20-11-4-3-5-13(20)8-10-18/h1-2,6-7,13H,3-5,8-12,18H2,(H,19,21). The maximum Gasteiger partial charge on any atom is 0.225 e. The van der Waals surface area contributed by atoms with Gasteiger partial charge in [-0.25, -0.2) is 4.39 Å². The van der Waals surface area contributed by atoms with E-state index in [9.17, 15) is 9.18 Å². The molecule has 3 N–H and O–H groups in total. The number of amides is 1. The lowest BCUT2D eigenvalue weighted by Gasteiger charge is -2.35. The zero-order chi connectivity index (χ0) is 15.1. The Bertz CT molecular complexity index is 465. The molecule has 1 atom stereocenters. The van der Waals surface area contributed by atoms with E-state index in [0.29, 0.717) is 25.6 Å². The van der Waals surface area contributed by atoms with Crippen molar-refractivity contribution in [3.8, 4) is 0 Å².